The second-order valence-electron chi connectivity index (χ2n) is 6.71. The summed E-state index contributed by atoms with van der Waals surface area (Å²) in [6.07, 6.45) is 0.755. The van der Waals surface area contributed by atoms with Gasteiger partial charge in [0, 0.05) is 17.7 Å². The second-order valence-corrected chi connectivity index (χ2v) is 8.07. The zero-order valence-corrected chi connectivity index (χ0v) is 18.8. The van der Waals surface area contributed by atoms with E-state index in [1.54, 1.807) is 28.8 Å². The smallest absolute Gasteiger partial charge is 0.261 e. The maximum atomic E-state index is 12.6. The van der Waals surface area contributed by atoms with Gasteiger partial charge >= 0.3 is 0 Å². The van der Waals surface area contributed by atoms with Crippen LogP contribution in [0.1, 0.15) is 28.7 Å². The summed E-state index contributed by atoms with van der Waals surface area (Å²) in [5.74, 6) is 0.961. The van der Waals surface area contributed by atoms with Gasteiger partial charge in [-0.2, -0.15) is 9.61 Å². The van der Waals surface area contributed by atoms with Crippen molar-refractivity contribution in [3.05, 3.63) is 59.4 Å². The van der Waals surface area contributed by atoms with Gasteiger partial charge in [0.25, 0.3) is 5.91 Å². The van der Waals surface area contributed by atoms with E-state index in [1.807, 2.05) is 32.0 Å². The number of hydrogen-bond donors (Lipinski definition) is 2. The molecule has 0 radical (unpaired) electrons. The first kappa shape index (κ1) is 20.9. The number of benzene rings is 2. The zero-order valence-electron chi connectivity index (χ0n) is 17.2. The largest absolute Gasteiger partial charge is 0.496 e. The second kappa shape index (κ2) is 8.78. The van der Waals surface area contributed by atoms with E-state index in [-0.39, 0.29) is 11.0 Å². The van der Waals surface area contributed by atoms with Crippen molar-refractivity contribution in [3.63, 3.8) is 0 Å². The number of aryl methyl sites for hydroxylation is 2. The van der Waals surface area contributed by atoms with Gasteiger partial charge < -0.3 is 10.1 Å². The molecule has 0 aliphatic rings. The third-order valence-electron chi connectivity index (χ3n) is 4.68. The number of thiocarbonyl (C=S) groups is 1. The molecule has 0 saturated carbocycles. The minimum Gasteiger partial charge on any atom is -0.496 e. The minimum absolute atomic E-state index is 0.197. The maximum Gasteiger partial charge on any atom is 0.261 e. The van der Waals surface area contributed by atoms with Crippen molar-refractivity contribution >= 4 is 45.2 Å². The Morgan fingerprint density at radius 2 is 2.03 bits per heavy atom. The molecule has 0 unspecified atom stereocenters. The van der Waals surface area contributed by atoms with Crippen LogP contribution in [0.25, 0.3) is 15.5 Å². The molecule has 158 valence electrons. The molecule has 0 atom stereocenters. The normalized spacial score (nSPS) is 10.8. The number of anilines is 1. The molecule has 4 aromatic rings. The van der Waals surface area contributed by atoms with E-state index in [1.165, 1.54) is 18.4 Å². The van der Waals surface area contributed by atoms with Gasteiger partial charge in [0.05, 0.1) is 12.7 Å². The number of methoxy groups -OCH3 is 1. The van der Waals surface area contributed by atoms with E-state index in [4.69, 9.17) is 17.0 Å². The van der Waals surface area contributed by atoms with Crippen molar-refractivity contribution in [2.75, 3.05) is 12.4 Å². The molecular formula is C21H20N6O2S2. The third-order valence-corrected chi connectivity index (χ3v) is 5.84. The van der Waals surface area contributed by atoms with Crippen molar-refractivity contribution in [2.45, 2.75) is 20.3 Å². The van der Waals surface area contributed by atoms with Gasteiger partial charge in [0.15, 0.2) is 10.9 Å². The van der Waals surface area contributed by atoms with Crippen molar-refractivity contribution in [1.29, 1.82) is 0 Å². The first-order valence-corrected chi connectivity index (χ1v) is 10.8. The van der Waals surface area contributed by atoms with E-state index < -0.39 is 0 Å². The number of ether oxygens (including phenoxy) is 1. The molecular weight excluding hydrogens is 432 g/mol. The molecule has 1 amide bonds. The number of amides is 1. The van der Waals surface area contributed by atoms with Crippen molar-refractivity contribution in [1.82, 2.24) is 25.1 Å². The van der Waals surface area contributed by atoms with Gasteiger partial charge in [-0.1, -0.05) is 42.5 Å². The Balaban J connectivity index is 1.53. The number of fused-ring (bicyclic) bond motifs is 1. The Bertz CT molecular complexity index is 1280. The van der Waals surface area contributed by atoms with Gasteiger partial charge in [0.2, 0.25) is 4.96 Å². The van der Waals surface area contributed by atoms with E-state index in [2.05, 4.69) is 25.9 Å². The first-order valence-electron chi connectivity index (χ1n) is 9.57. The fourth-order valence-electron chi connectivity index (χ4n) is 3.04. The number of carbonyl (C=O) groups is 1. The molecule has 0 spiro atoms. The summed E-state index contributed by atoms with van der Waals surface area (Å²) in [5.41, 5.74) is 3.09. The van der Waals surface area contributed by atoms with E-state index in [9.17, 15) is 4.79 Å². The van der Waals surface area contributed by atoms with Gasteiger partial charge in [-0.15, -0.1) is 10.2 Å². The van der Waals surface area contributed by atoms with Crippen LogP contribution in [0.15, 0.2) is 42.5 Å². The Labute approximate surface area is 188 Å². The summed E-state index contributed by atoms with van der Waals surface area (Å²) >= 11 is 6.83. The summed E-state index contributed by atoms with van der Waals surface area (Å²) in [6.45, 7) is 3.98. The highest BCUT2D eigenvalue weighted by atomic mass is 32.1. The molecule has 31 heavy (non-hydrogen) atoms. The van der Waals surface area contributed by atoms with Crippen molar-refractivity contribution < 1.29 is 9.53 Å². The summed E-state index contributed by atoms with van der Waals surface area (Å²) in [5, 5.41) is 19.8. The number of nitrogens with zero attached hydrogens (tertiary/aromatic N) is 4. The standard InChI is InChI=1S/C21H20N6O2S2/c1-4-17-24-25-21-27(17)26-19(31-21)13-10-9-12(2)15(11-13)22-20(30)23-18(28)14-7-5-6-8-16(14)29-3/h5-11H,4H2,1-3H3,(H2,22,23,28,30). The van der Waals surface area contributed by atoms with Gasteiger partial charge in [-0.05, 0) is 42.9 Å². The topological polar surface area (TPSA) is 93.4 Å². The third kappa shape index (κ3) is 4.25. The van der Waals surface area contributed by atoms with E-state index in [0.717, 1.165) is 39.0 Å². The maximum absolute atomic E-state index is 12.6. The van der Waals surface area contributed by atoms with Crippen LogP contribution < -0.4 is 15.4 Å². The quantitative estimate of drug-likeness (QED) is 0.444. The van der Waals surface area contributed by atoms with Crippen LogP contribution in [0.5, 0.6) is 5.75 Å². The number of nitrogens with one attached hydrogen (secondary N) is 2. The summed E-state index contributed by atoms with van der Waals surface area (Å²) in [7, 11) is 1.52. The highest BCUT2D eigenvalue weighted by Gasteiger charge is 2.15. The lowest BCUT2D eigenvalue weighted by atomic mass is 10.1. The van der Waals surface area contributed by atoms with Crippen LogP contribution in [0.4, 0.5) is 5.69 Å². The number of carbonyl (C=O) groups excluding carboxylic acids is 1. The number of hydrogen-bond acceptors (Lipinski definition) is 7. The monoisotopic (exact) mass is 452 g/mol. The van der Waals surface area contributed by atoms with Crippen molar-refractivity contribution in [3.8, 4) is 16.3 Å². The summed E-state index contributed by atoms with van der Waals surface area (Å²) in [4.78, 5) is 13.3. The van der Waals surface area contributed by atoms with Gasteiger partial charge in [-0.25, -0.2) is 0 Å². The summed E-state index contributed by atoms with van der Waals surface area (Å²) in [6, 6.07) is 12.9. The summed E-state index contributed by atoms with van der Waals surface area (Å²) < 4.78 is 7.01. The molecule has 2 aromatic heterocycles. The Hall–Kier alpha value is -3.37. The van der Waals surface area contributed by atoms with Crippen LogP contribution in [-0.4, -0.2) is 37.9 Å². The van der Waals surface area contributed by atoms with Crippen LogP contribution in [0.3, 0.4) is 0 Å². The lowest BCUT2D eigenvalue weighted by Crippen LogP contribution is -2.34. The van der Waals surface area contributed by atoms with Crippen LogP contribution in [0.2, 0.25) is 0 Å². The first-order chi connectivity index (χ1) is 15.0. The van der Waals surface area contributed by atoms with Crippen molar-refractivity contribution in [2.24, 2.45) is 0 Å². The van der Waals surface area contributed by atoms with E-state index in [0.29, 0.717) is 11.3 Å². The molecule has 2 heterocycles. The highest BCUT2D eigenvalue weighted by molar-refractivity contribution is 7.80. The number of para-hydroxylation sites is 1. The molecule has 8 nitrogen and oxygen atoms in total. The lowest BCUT2D eigenvalue weighted by Gasteiger charge is -2.13. The average molecular weight is 453 g/mol. The van der Waals surface area contributed by atoms with E-state index >= 15 is 0 Å². The Morgan fingerprint density at radius 3 is 2.81 bits per heavy atom. The molecule has 0 aliphatic carbocycles. The molecule has 0 saturated heterocycles. The average Bonchev–Trinajstić information content (AvgIpc) is 3.36. The lowest BCUT2D eigenvalue weighted by molar-refractivity contribution is 0.0975. The fraction of sp³-hybridized carbons (Fsp3) is 0.190. The molecule has 2 N–H and O–H groups in total. The minimum atomic E-state index is -0.343. The van der Waals surface area contributed by atoms with Gasteiger partial charge in [0.1, 0.15) is 10.8 Å². The SMILES string of the molecule is CCc1nnc2sc(-c3ccc(C)c(NC(=S)NC(=O)c4ccccc4OC)c3)nn12. The predicted molar refractivity (Wildman–Crippen MR) is 125 cm³/mol. The Kier molecular flexibility index (Phi) is 5.92. The molecule has 10 heteroatoms. The highest BCUT2D eigenvalue weighted by Crippen LogP contribution is 2.29. The molecule has 2 aromatic carbocycles. The van der Waals surface area contributed by atoms with Crippen LogP contribution in [0, 0.1) is 6.92 Å². The number of rotatable bonds is 5. The fourth-order valence-corrected chi connectivity index (χ4v) is 4.10. The van der Waals surface area contributed by atoms with Crippen LogP contribution >= 0.6 is 23.6 Å². The zero-order chi connectivity index (χ0) is 22.0. The van der Waals surface area contributed by atoms with Crippen LogP contribution in [-0.2, 0) is 6.42 Å². The Morgan fingerprint density at radius 1 is 1.23 bits per heavy atom. The molecule has 4 rings (SSSR count). The molecule has 0 bridgehead atoms. The molecule has 0 aliphatic heterocycles. The molecule has 0 fully saturated rings. The number of aromatic nitrogens is 4. The van der Waals surface area contributed by atoms with Gasteiger partial charge in [-0.3, -0.25) is 10.1 Å². The predicted octanol–water partition coefficient (Wildman–Crippen LogP) is 3.86.